The maximum Gasteiger partial charge on any atom is 0.287 e. The van der Waals surface area contributed by atoms with Crippen LogP contribution in [0.3, 0.4) is 0 Å². The van der Waals surface area contributed by atoms with E-state index in [0.717, 1.165) is 11.1 Å². The number of halogens is 2. The first-order chi connectivity index (χ1) is 13.3. The Hall–Kier alpha value is -2.42. The first kappa shape index (κ1) is 18.9. The van der Waals surface area contributed by atoms with Gasteiger partial charge in [-0.2, -0.15) is 5.10 Å². The van der Waals surface area contributed by atoms with Crippen molar-refractivity contribution in [2.45, 2.75) is 19.4 Å². The minimum Gasteiger partial charge on any atom is -0.454 e. The molecule has 0 N–H and O–H groups in total. The molecule has 10 heteroatoms. The Morgan fingerprint density at radius 1 is 1.32 bits per heavy atom. The van der Waals surface area contributed by atoms with Crippen LogP contribution in [0, 0.1) is 10.1 Å². The molecule has 2 aromatic rings. The van der Waals surface area contributed by atoms with E-state index in [1.54, 1.807) is 11.1 Å². The summed E-state index contributed by atoms with van der Waals surface area (Å²) in [6.07, 6.45) is 0.618. The van der Waals surface area contributed by atoms with Crippen LogP contribution in [0.4, 0.5) is 5.69 Å². The summed E-state index contributed by atoms with van der Waals surface area (Å²) in [4.78, 5) is 10.6. The van der Waals surface area contributed by atoms with Crippen LogP contribution < -0.4 is 9.47 Å². The predicted molar refractivity (Wildman–Crippen MR) is 110 cm³/mol. The summed E-state index contributed by atoms with van der Waals surface area (Å²) in [6, 6.07) is 8.12. The number of hydrazone groups is 1. The molecule has 1 atom stereocenters. The lowest BCUT2D eigenvalue weighted by Crippen LogP contribution is -2.31. The van der Waals surface area contributed by atoms with E-state index in [1.165, 1.54) is 12.1 Å². The van der Waals surface area contributed by atoms with Gasteiger partial charge in [-0.3, -0.25) is 10.1 Å². The molecule has 0 saturated carbocycles. The molecule has 28 heavy (non-hydrogen) atoms. The minimum absolute atomic E-state index is 0.0183. The molecular weight excluding hydrogens is 425 g/mol. The Labute approximate surface area is 175 Å². The van der Waals surface area contributed by atoms with E-state index >= 15 is 0 Å². The van der Waals surface area contributed by atoms with Crippen molar-refractivity contribution in [3.8, 4) is 11.5 Å². The molecule has 0 fully saturated rings. The molecule has 0 amide bonds. The lowest BCUT2D eigenvalue weighted by molar-refractivity contribution is -0.384. The fourth-order valence-electron chi connectivity index (χ4n) is 3.27. The lowest BCUT2D eigenvalue weighted by atomic mass is 9.94. The maximum absolute atomic E-state index is 11.1. The van der Waals surface area contributed by atoms with Crippen LogP contribution in [0.15, 0.2) is 35.4 Å². The van der Waals surface area contributed by atoms with Gasteiger partial charge in [-0.1, -0.05) is 23.2 Å². The molecule has 2 heterocycles. The third-order valence-corrected chi connectivity index (χ3v) is 5.26. The molecule has 0 unspecified atom stereocenters. The summed E-state index contributed by atoms with van der Waals surface area (Å²) in [7, 11) is 0. The summed E-state index contributed by atoms with van der Waals surface area (Å²) in [5.41, 5.74) is 2.74. The lowest BCUT2D eigenvalue weighted by Gasteiger charge is -2.22. The highest BCUT2D eigenvalue weighted by atomic mass is 35.5. The zero-order chi connectivity index (χ0) is 20.0. The number of nitro benzene ring substituents is 1. The quantitative estimate of drug-likeness (QED) is 0.226. The molecule has 2 aliphatic heterocycles. The van der Waals surface area contributed by atoms with Gasteiger partial charge in [0.15, 0.2) is 15.9 Å². The largest absolute Gasteiger partial charge is 0.454 e. The molecule has 7 nitrogen and oxygen atoms in total. The standard InChI is InChI=1S/C18H13Cl2N3O4S/c1-9-4-11-6-15-16(27-8-26-15)7-12(11)17(21-22(9)18(20)28)10-2-3-14(23(24)25)13(19)5-10/h2-3,5-7,9H,4,8H2,1H3/t9-/m1/s1. The Bertz CT molecular complexity index is 1040. The molecule has 4 rings (SSSR count). The van der Waals surface area contributed by atoms with E-state index in [4.69, 9.17) is 44.9 Å². The number of fused-ring (bicyclic) bond motifs is 2. The van der Waals surface area contributed by atoms with Gasteiger partial charge in [0.2, 0.25) is 6.79 Å². The Kier molecular flexibility index (Phi) is 4.86. The summed E-state index contributed by atoms with van der Waals surface area (Å²) < 4.78 is 11.1. The van der Waals surface area contributed by atoms with Gasteiger partial charge in [0.25, 0.3) is 5.69 Å². The second kappa shape index (κ2) is 7.20. The first-order valence-electron chi connectivity index (χ1n) is 8.29. The van der Waals surface area contributed by atoms with Crippen LogP contribution in [-0.4, -0.2) is 32.9 Å². The van der Waals surface area contributed by atoms with Crippen molar-refractivity contribution in [2.75, 3.05) is 6.79 Å². The van der Waals surface area contributed by atoms with Gasteiger partial charge in [-0.25, -0.2) is 5.01 Å². The molecule has 2 aromatic carbocycles. The second-order valence-corrected chi connectivity index (χ2v) is 7.76. The maximum atomic E-state index is 11.1. The Morgan fingerprint density at radius 3 is 2.68 bits per heavy atom. The average molecular weight is 438 g/mol. The van der Waals surface area contributed by atoms with Crippen molar-refractivity contribution in [1.82, 2.24) is 5.01 Å². The third-order valence-electron chi connectivity index (χ3n) is 4.59. The minimum atomic E-state index is -0.532. The Morgan fingerprint density at radius 2 is 2.04 bits per heavy atom. The topological polar surface area (TPSA) is 77.2 Å². The fraction of sp³-hybridized carbons (Fsp3) is 0.222. The van der Waals surface area contributed by atoms with E-state index < -0.39 is 4.92 Å². The highest BCUT2D eigenvalue weighted by Crippen LogP contribution is 2.38. The molecule has 0 spiro atoms. The monoisotopic (exact) mass is 437 g/mol. The van der Waals surface area contributed by atoms with Gasteiger partial charge >= 0.3 is 0 Å². The van der Waals surface area contributed by atoms with Crippen LogP contribution in [-0.2, 0) is 6.42 Å². The first-order valence-corrected chi connectivity index (χ1v) is 9.46. The second-order valence-electron chi connectivity index (χ2n) is 6.39. The molecule has 0 radical (unpaired) electrons. The Balaban J connectivity index is 1.92. The number of benzene rings is 2. The van der Waals surface area contributed by atoms with E-state index in [1.807, 2.05) is 19.1 Å². The number of nitrogens with zero attached hydrogens (tertiary/aromatic N) is 3. The van der Waals surface area contributed by atoms with E-state index in [0.29, 0.717) is 29.2 Å². The van der Waals surface area contributed by atoms with Gasteiger partial charge < -0.3 is 9.47 Å². The summed E-state index contributed by atoms with van der Waals surface area (Å²) in [5.74, 6) is 1.27. The van der Waals surface area contributed by atoms with E-state index in [-0.39, 0.29) is 28.0 Å². The molecule has 0 aliphatic carbocycles. The highest BCUT2D eigenvalue weighted by Gasteiger charge is 2.28. The third kappa shape index (κ3) is 3.28. The van der Waals surface area contributed by atoms with Gasteiger partial charge in [0.1, 0.15) is 5.02 Å². The summed E-state index contributed by atoms with van der Waals surface area (Å²) in [5, 5.41) is 17.3. The smallest absolute Gasteiger partial charge is 0.287 e. The van der Waals surface area contributed by atoms with E-state index in [2.05, 4.69) is 5.10 Å². The van der Waals surface area contributed by atoms with Crippen molar-refractivity contribution in [2.24, 2.45) is 5.10 Å². The summed E-state index contributed by atoms with van der Waals surface area (Å²) in [6.45, 7) is 2.11. The van der Waals surface area contributed by atoms with Crippen molar-refractivity contribution in [3.05, 3.63) is 62.2 Å². The van der Waals surface area contributed by atoms with Gasteiger partial charge in [-0.15, -0.1) is 0 Å². The fourth-order valence-corrected chi connectivity index (χ4v) is 3.94. The van der Waals surface area contributed by atoms with Crippen LogP contribution in [0.1, 0.15) is 23.6 Å². The number of thiocarbonyl (C=S) groups is 1. The zero-order valence-corrected chi connectivity index (χ0v) is 16.8. The van der Waals surface area contributed by atoms with Gasteiger partial charge in [-0.05, 0) is 55.4 Å². The van der Waals surface area contributed by atoms with Crippen molar-refractivity contribution >= 4 is 51.3 Å². The zero-order valence-electron chi connectivity index (χ0n) is 14.5. The van der Waals surface area contributed by atoms with E-state index in [9.17, 15) is 10.1 Å². The normalized spacial score (nSPS) is 17.6. The SMILES string of the molecule is C[C@@H]1Cc2cc3c(cc2C(c2ccc([N+](=O)[O-])c(Cl)c2)=NN1C(=S)Cl)OCO3. The van der Waals surface area contributed by atoms with Crippen molar-refractivity contribution < 1.29 is 14.4 Å². The van der Waals surface area contributed by atoms with Gasteiger partial charge in [0.05, 0.1) is 16.7 Å². The molecule has 144 valence electrons. The number of nitro groups is 1. The molecule has 0 saturated heterocycles. The summed E-state index contributed by atoms with van der Waals surface area (Å²) >= 11 is 17.4. The molecule has 2 aliphatic rings. The highest BCUT2D eigenvalue weighted by molar-refractivity contribution is 7.83. The van der Waals surface area contributed by atoms with Crippen molar-refractivity contribution in [1.29, 1.82) is 0 Å². The number of rotatable bonds is 2. The van der Waals surface area contributed by atoms with Crippen LogP contribution in [0.2, 0.25) is 5.02 Å². The number of hydrogen-bond acceptors (Lipinski definition) is 6. The van der Waals surface area contributed by atoms with Crippen LogP contribution in [0.5, 0.6) is 11.5 Å². The molecular formula is C18H13Cl2N3O4S. The average Bonchev–Trinajstić information content (AvgIpc) is 3.02. The molecule has 0 bridgehead atoms. The predicted octanol–water partition coefficient (Wildman–Crippen LogP) is 4.50. The van der Waals surface area contributed by atoms with Crippen LogP contribution in [0.25, 0.3) is 0 Å². The van der Waals surface area contributed by atoms with Crippen molar-refractivity contribution in [3.63, 3.8) is 0 Å². The number of hydrogen-bond donors (Lipinski definition) is 0. The van der Waals surface area contributed by atoms with Crippen LogP contribution >= 0.6 is 35.4 Å². The molecule has 0 aromatic heterocycles. The van der Waals surface area contributed by atoms with Gasteiger partial charge in [0, 0.05) is 17.2 Å². The number of ether oxygens (including phenoxy) is 2.